The summed E-state index contributed by atoms with van der Waals surface area (Å²) in [6.45, 7) is 3.27. The van der Waals surface area contributed by atoms with E-state index in [-0.39, 0.29) is 0 Å². The van der Waals surface area contributed by atoms with Gasteiger partial charge in [-0.1, -0.05) is 12.5 Å². The predicted molar refractivity (Wildman–Crippen MR) is 79.9 cm³/mol. The first-order valence-corrected chi connectivity index (χ1v) is 7.82. The van der Waals surface area contributed by atoms with Gasteiger partial charge < -0.3 is 10.1 Å². The Hall–Kier alpha value is -1.13. The van der Waals surface area contributed by atoms with Crippen LogP contribution in [0, 0.1) is 0 Å². The maximum atomic E-state index is 5.38. The second-order valence-electron chi connectivity index (χ2n) is 5.97. The third kappa shape index (κ3) is 3.49. The fraction of sp³-hybridized carbons (Fsp3) is 0.688. The van der Waals surface area contributed by atoms with Crippen molar-refractivity contribution in [3.05, 3.63) is 23.9 Å². The Bertz CT molecular complexity index is 433. The molecule has 2 fully saturated rings. The molecule has 0 amide bonds. The van der Waals surface area contributed by atoms with E-state index in [2.05, 4.69) is 21.3 Å². The van der Waals surface area contributed by atoms with Crippen LogP contribution in [0.1, 0.15) is 37.7 Å². The fourth-order valence-corrected chi connectivity index (χ4v) is 3.04. The lowest BCUT2D eigenvalue weighted by Crippen LogP contribution is -2.45. The van der Waals surface area contributed by atoms with Gasteiger partial charge in [-0.2, -0.15) is 0 Å². The number of nitrogens with one attached hydrogen (secondary N) is 1. The van der Waals surface area contributed by atoms with Crippen molar-refractivity contribution in [1.29, 1.82) is 0 Å². The third-order valence-corrected chi connectivity index (χ3v) is 4.39. The summed E-state index contributed by atoms with van der Waals surface area (Å²) in [7, 11) is 1.70. The smallest absolute Gasteiger partial charge is 0.217 e. The molecule has 1 aliphatic carbocycles. The highest BCUT2D eigenvalue weighted by atomic mass is 16.5. The molecule has 1 saturated carbocycles. The average Bonchev–Trinajstić information content (AvgIpc) is 3.31. The lowest BCUT2D eigenvalue weighted by Gasteiger charge is -2.36. The molecule has 0 bridgehead atoms. The zero-order chi connectivity index (χ0) is 13.8. The number of rotatable bonds is 6. The Kier molecular flexibility index (Phi) is 4.53. The van der Waals surface area contributed by atoms with Crippen LogP contribution in [0.3, 0.4) is 0 Å². The van der Waals surface area contributed by atoms with Crippen molar-refractivity contribution >= 4 is 0 Å². The molecule has 1 N–H and O–H groups in total. The Morgan fingerprint density at radius 2 is 2.25 bits per heavy atom. The van der Waals surface area contributed by atoms with E-state index >= 15 is 0 Å². The summed E-state index contributed by atoms with van der Waals surface area (Å²) in [6.07, 6.45) is 8.50. The summed E-state index contributed by atoms with van der Waals surface area (Å²) < 4.78 is 5.38. The van der Waals surface area contributed by atoms with Gasteiger partial charge >= 0.3 is 0 Å². The molecule has 1 unspecified atom stereocenters. The van der Waals surface area contributed by atoms with Crippen molar-refractivity contribution in [1.82, 2.24) is 15.2 Å². The first kappa shape index (κ1) is 13.8. The molecule has 2 heterocycles. The van der Waals surface area contributed by atoms with Crippen LogP contribution >= 0.6 is 0 Å². The van der Waals surface area contributed by atoms with Crippen LogP contribution in [0.5, 0.6) is 5.88 Å². The minimum atomic E-state index is 0.661. The van der Waals surface area contributed by atoms with Gasteiger partial charge in [0.25, 0.3) is 0 Å². The SMILES string of the molecule is COc1ncccc1CN1CCCCC1CNC1CC1. The molecular formula is C16H25N3O. The second-order valence-corrected chi connectivity index (χ2v) is 5.97. The molecule has 4 nitrogen and oxygen atoms in total. The highest BCUT2D eigenvalue weighted by Gasteiger charge is 2.26. The predicted octanol–water partition coefficient (Wildman–Crippen LogP) is 2.20. The number of hydrogen-bond donors (Lipinski definition) is 1. The molecule has 1 aliphatic heterocycles. The van der Waals surface area contributed by atoms with Crippen molar-refractivity contribution in [3.63, 3.8) is 0 Å². The summed E-state index contributed by atoms with van der Waals surface area (Å²) in [5.41, 5.74) is 1.20. The van der Waals surface area contributed by atoms with Crippen LogP contribution in [0.15, 0.2) is 18.3 Å². The van der Waals surface area contributed by atoms with Crippen LogP contribution in [0.25, 0.3) is 0 Å². The van der Waals surface area contributed by atoms with Crippen molar-refractivity contribution in [2.45, 2.75) is 50.7 Å². The zero-order valence-corrected chi connectivity index (χ0v) is 12.3. The van der Waals surface area contributed by atoms with E-state index in [0.29, 0.717) is 6.04 Å². The number of ether oxygens (including phenoxy) is 1. The number of likely N-dealkylation sites (tertiary alicyclic amines) is 1. The van der Waals surface area contributed by atoms with Crippen LogP contribution < -0.4 is 10.1 Å². The maximum absolute atomic E-state index is 5.38. The van der Waals surface area contributed by atoms with Crippen molar-refractivity contribution in [3.8, 4) is 5.88 Å². The molecule has 1 aromatic heterocycles. The third-order valence-electron chi connectivity index (χ3n) is 4.39. The van der Waals surface area contributed by atoms with Crippen LogP contribution in [0.4, 0.5) is 0 Å². The molecule has 3 rings (SSSR count). The lowest BCUT2D eigenvalue weighted by molar-refractivity contribution is 0.135. The maximum Gasteiger partial charge on any atom is 0.217 e. The highest BCUT2D eigenvalue weighted by Crippen LogP contribution is 2.24. The van der Waals surface area contributed by atoms with Gasteiger partial charge in [0.1, 0.15) is 0 Å². The van der Waals surface area contributed by atoms with Gasteiger partial charge in [-0.25, -0.2) is 4.98 Å². The molecule has 0 spiro atoms. The molecule has 20 heavy (non-hydrogen) atoms. The molecule has 4 heteroatoms. The number of methoxy groups -OCH3 is 1. The van der Waals surface area contributed by atoms with Gasteiger partial charge in [-0.3, -0.25) is 4.90 Å². The zero-order valence-electron chi connectivity index (χ0n) is 12.3. The van der Waals surface area contributed by atoms with E-state index in [4.69, 9.17) is 4.74 Å². The summed E-state index contributed by atoms with van der Waals surface area (Å²) in [5, 5.41) is 3.68. The van der Waals surface area contributed by atoms with Crippen molar-refractivity contribution < 1.29 is 4.74 Å². The van der Waals surface area contributed by atoms with Crippen LogP contribution in [-0.4, -0.2) is 42.2 Å². The Morgan fingerprint density at radius 3 is 3.05 bits per heavy atom. The molecule has 1 atom stereocenters. The van der Waals surface area contributed by atoms with Gasteiger partial charge in [0, 0.05) is 36.9 Å². The van der Waals surface area contributed by atoms with Gasteiger partial charge in [0.15, 0.2) is 0 Å². The number of hydrogen-bond acceptors (Lipinski definition) is 4. The Balaban J connectivity index is 1.62. The molecular weight excluding hydrogens is 250 g/mol. The topological polar surface area (TPSA) is 37.4 Å². The monoisotopic (exact) mass is 275 g/mol. The minimum Gasteiger partial charge on any atom is -0.481 e. The molecule has 2 aliphatic rings. The number of aromatic nitrogens is 1. The average molecular weight is 275 g/mol. The highest BCUT2D eigenvalue weighted by molar-refractivity contribution is 5.25. The van der Waals surface area contributed by atoms with Gasteiger partial charge in [0.05, 0.1) is 7.11 Å². The van der Waals surface area contributed by atoms with E-state index in [1.165, 1.54) is 44.2 Å². The normalized spacial score (nSPS) is 23.8. The summed E-state index contributed by atoms with van der Waals surface area (Å²) >= 11 is 0. The van der Waals surface area contributed by atoms with Gasteiger partial charge in [-0.05, 0) is 38.3 Å². The summed E-state index contributed by atoms with van der Waals surface area (Å²) in [6, 6.07) is 5.59. The first-order valence-electron chi connectivity index (χ1n) is 7.82. The number of nitrogens with zero attached hydrogens (tertiary/aromatic N) is 2. The summed E-state index contributed by atoms with van der Waals surface area (Å²) in [5.74, 6) is 0.770. The molecule has 0 aromatic carbocycles. The molecule has 1 aromatic rings. The fourth-order valence-electron chi connectivity index (χ4n) is 3.04. The Labute approximate surface area is 121 Å². The second kappa shape index (κ2) is 6.55. The van der Waals surface area contributed by atoms with Crippen LogP contribution in [-0.2, 0) is 6.54 Å². The molecule has 1 saturated heterocycles. The van der Waals surface area contributed by atoms with Crippen molar-refractivity contribution in [2.75, 3.05) is 20.2 Å². The van der Waals surface area contributed by atoms with Crippen molar-refractivity contribution in [2.24, 2.45) is 0 Å². The van der Waals surface area contributed by atoms with E-state index < -0.39 is 0 Å². The van der Waals surface area contributed by atoms with Gasteiger partial charge in [-0.15, -0.1) is 0 Å². The quantitative estimate of drug-likeness (QED) is 0.863. The molecule has 0 radical (unpaired) electrons. The molecule has 110 valence electrons. The minimum absolute atomic E-state index is 0.661. The van der Waals surface area contributed by atoms with E-state index in [0.717, 1.165) is 25.0 Å². The standard InChI is InChI=1S/C16H25N3O/c1-20-16-13(5-4-9-17-16)12-19-10-3-2-6-15(19)11-18-14-7-8-14/h4-5,9,14-15,18H,2-3,6-8,10-12H2,1H3. The first-order chi connectivity index (χ1) is 9.86. The number of pyridine rings is 1. The van der Waals surface area contributed by atoms with E-state index in [1.807, 2.05) is 6.07 Å². The lowest BCUT2D eigenvalue weighted by atomic mass is 10.0. The van der Waals surface area contributed by atoms with E-state index in [9.17, 15) is 0 Å². The number of piperidine rings is 1. The van der Waals surface area contributed by atoms with E-state index in [1.54, 1.807) is 13.3 Å². The summed E-state index contributed by atoms with van der Waals surface area (Å²) in [4.78, 5) is 6.90. The van der Waals surface area contributed by atoms with Crippen LogP contribution in [0.2, 0.25) is 0 Å². The Morgan fingerprint density at radius 1 is 1.35 bits per heavy atom. The van der Waals surface area contributed by atoms with Gasteiger partial charge in [0.2, 0.25) is 5.88 Å². The largest absolute Gasteiger partial charge is 0.481 e.